The minimum atomic E-state index is -0.362. The zero-order chi connectivity index (χ0) is 23.0. The van der Waals surface area contributed by atoms with Crippen molar-refractivity contribution < 1.29 is 9.53 Å². The van der Waals surface area contributed by atoms with E-state index in [0.717, 1.165) is 21.3 Å². The van der Waals surface area contributed by atoms with Crippen molar-refractivity contribution in [3.63, 3.8) is 0 Å². The van der Waals surface area contributed by atoms with Gasteiger partial charge in [0.15, 0.2) is 5.78 Å². The molecule has 4 aromatic rings. The third-order valence-corrected chi connectivity index (χ3v) is 6.41. The number of rotatable bonds is 6. The van der Waals surface area contributed by atoms with E-state index >= 15 is 0 Å². The molecule has 4 rings (SSSR count). The Morgan fingerprint density at radius 1 is 1.09 bits per heavy atom. The molecule has 0 aliphatic rings. The molecule has 2 heterocycles. The Morgan fingerprint density at radius 2 is 1.81 bits per heavy atom. The molecule has 0 N–H and O–H groups in total. The van der Waals surface area contributed by atoms with Gasteiger partial charge in [-0.25, -0.2) is 4.68 Å². The number of ketones is 1. The number of hydrogen-bond donors (Lipinski definition) is 0. The van der Waals surface area contributed by atoms with Crippen molar-refractivity contribution in [3.8, 4) is 5.88 Å². The van der Waals surface area contributed by atoms with Gasteiger partial charge in [-0.2, -0.15) is 5.10 Å². The lowest BCUT2D eigenvalue weighted by Gasteiger charge is -2.22. The highest BCUT2D eigenvalue weighted by Crippen LogP contribution is 2.31. The maximum absolute atomic E-state index is 13.7. The lowest BCUT2D eigenvalue weighted by Crippen LogP contribution is -2.24. The molecule has 0 aliphatic heterocycles. The molecule has 0 spiro atoms. The summed E-state index contributed by atoms with van der Waals surface area (Å²) in [5, 5.41) is 4.49. The van der Waals surface area contributed by atoms with E-state index in [9.17, 15) is 9.59 Å². The first-order chi connectivity index (χ1) is 15.2. The Balaban J connectivity index is 1.79. The van der Waals surface area contributed by atoms with Gasteiger partial charge >= 0.3 is 4.87 Å². The van der Waals surface area contributed by atoms with Crippen LogP contribution in [0.5, 0.6) is 5.88 Å². The van der Waals surface area contributed by atoms with Crippen LogP contribution in [-0.4, -0.2) is 20.1 Å². The van der Waals surface area contributed by atoms with Crippen LogP contribution in [0.15, 0.2) is 53.5 Å². The second-order valence-electron chi connectivity index (χ2n) is 8.75. The SMILES string of the molecule is CCn1c(=O)sc2ccc(C(=O)c3cnn(C(C)(C)C)c3OCc3ccccc3)c(C)c21. The minimum absolute atomic E-state index is 0.0114. The Morgan fingerprint density at radius 3 is 2.47 bits per heavy atom. The molecule has 2 aromatic heterocycles. The predicted molar refractivity (Wildman–Crippen MR) is 128 cm³/mol. The molecule has 0 amide bonds. The van der Waals surface area contributed by atoms with Crippen molar-refractivity contribution >= 4 is 27.3 Å². The topological polar surface area (TPSA) is 66.1 Å². The fourth-order valence-electron chi connectivity index (χ4n) is 3.85. The van der Waals surface area contributed by atoms with E-state index in [2.05, 4.69) is 5.10 Å². The predicted octanol–water partition coefficient (Wildman–Crippen LogP) is 5.15. The first kappa shape index (κ1) is 22.0. The van der Waals surface area contributed by atoms with Crippen molar-refractivity contribution in [1.82, 2.24) is 14.3 Å². The highest BCUT2D eigenvalue weighted by atomic mass is 32.1. The van der Waals surface area contributed by atoms with E-state index in [0.29, 0.717) is 30.2 Å². The number of aryl methyl sites for hydroxylation is 2. The maximum Gasteiger partial charge on any atom is 0.308 e. The zero-order valence-electron chi connectivity index (χ0n) is 19.0. The van der Waals surface area contributed by atoms with Gasteiger partial charge in [0.05, 0.1) is 22.0 Å². The van der Waals surface area contributed by atoms with Crippen LogP contribution in [0.4, 0.5) is 0 Å². The molecular formula is C25H27N3O3S. The fraction of sp³-hybridized carbons (Fsp3) is 0.320. The first-order valence-electron chi connectivity index (χ1n) is 10.6. The maximum atomic E-state index is 13.7. The second kappa shape index (κ2) is 8.39. The molecule has 2 aromatic carbocycles. The third-order valence-electron chi connectivity index (χ3n) is 5.47. The number of fused-ring (bicyclic) bond motifs is 1. The number of hydrogen-bond acceptors (Lipinski definition) is 5. The third kappa shape index (κ3) is 3.88. The largest absolute Gasteiger partial charge is 0.472 e. The number of aromatic nitrogens is 3. The van der Waals surface area contributed by atoms with Crippen LogP contribution in [0.3, 0.4) is 0 Å². The Kier molecular flexibility index (Phi) is 5.77. The second-order valence-corrected chi connectivity index (χ2v) is 9.74. The molecule has 0 bridgehead atoms. The summed E-state index contributed by atoms with van der Waals surface area (Å²) in [6.45, 7) is 10.8. The van der Waals surface area contributed by atoms with E-state index in [1.54, 1.807) is 21.5 Å². The average molecular weight is 450 g/mol. The summed E-state index contributed by atoms with van der Waals surface area (Å²) < 4.78 is 10.5. The molecule has 0 atom stereocenters. The number of carbonyl (C=O) groups is 1. The van der Waals surface area contributed by atoms with E-state index in [1.165, 1.54) is 11.3 Å². The van der Waals surface area contributed by atoms with Crippen molar-refractivity contribution in [3.05, 3.63) is 80.6 Å². The molecule has 6 nitrogen and oxygen atoms in total. The minimum Gasteiger partial charge on any atom is -0.472 e. The summed E-state index contributed by atoms with van der Waals surface area (Å²) in [5.41, 5.74) is 3.23. The Bertz CT molecular complexity index is 1340. The van der Waals surface area contributed by atoms with Crippen molar-refractivity contribution in [2.24, 2.45) is 0 Å². The number of thiazole rings is 1. The molecule has 0 radical (unpaired) electrons. The van der Waals surface area contributed by atoms with Gasteiger partial charge in [-0.05, 0) is 57.9 Å². The van der Waals surface area contributed by atoms with Gasteiger partial charge in [0, 0.05) is 12.1 Å². The summed E-state index contributed by atoms with van der Waals surface area (Å²) >= 11 is 1.21. The molecular weight excluding hydrogens is 422 g/mol. The molecule has 0 unspecified atom stereocenters. The van der Waals surface area contributed by atoms with Gasteiger partial charge in [-0.3, -0.25) is 14.2 Å². The number of carbonyl (C=O) groups excluding carboxylic acids is 1. The van der Waals surface area contributed by atoms with Crippen LogP contribution in [-0.2, 0) is 18.7 Å². The van der Waals surface area contributed by atoms with E-state index in [4.69, 9.17) is 4.74 Å². The quantitative estimate of drug-likeness (QED) is 0.382. The molecule has 0 saturated carbocycles. The van der Waals surface area contributed by atoms with Crippen LogP contribution in [0.2, 0.25) is 0 Å². The summed E-state index contributed by atoms with van der Waals surface area (Å²) in [5.74, 6) is 0.285. The fourth-order valence-corrected chi connectivity index (χ4v) is 4.86. The van der Waals surface area contributed by atoms with Crippen LogP contribution in [0, 0.1) is 6.92 Å². The first-order valence-corrected chi connectivity index (χ1v) is 11.5. The zero-order valence-corrected chi connectivity index (χ0v) is 19.8. The van der Waals surface area contributed by atoms with Gasteiger partial charge in [-0.15, -0.1) is 0 Å². The molecule has 0 aliphatic carbocycles. The number of benzene rings is 2. The van der Waals surface area contributed by atoms with E-state index in [1.807, 2.05) is 71.0 Å². The van der Waals surface area contributed by atoms with E-state index < -0.39 is 0 Å². The average Bonchev–Trinajstić information content (AvgIpc) is 3.33. The number of ether oxygens (including phenoxy) is 1. The van der Waals surface area contributed by atoms with E-state index in [-0.39, 0.29) is 16.2 Å². The smallest absolute Gasteiger partial charge is 0.308 e. The van der Waals surface area contributed by atoms with Gasteiger partial charge in [0.25, 0.3) is 0 Å². The molecule has 166 valence electrons. The molecule has 32 heavy (non-hydrogen) atoms. The highest BCUT2D eigenvalue weighted by molar-refractivity contribution is 7.16. The van der Waals surface area contributed by atoms with Gasteiger partial charge in [0.2, 0.25) is 5.88 Å². The Labute approximate surface area is 191 Å². The van der Waals surface area contributed by atoms with Gasteiger partial charge < -0.3 is 4.74 Å². The summed E-state index contributed by atoms with van der Waals surface area (Å²) in [6, 6.07) is 13.5. The monoisotopic (exact) mass is 449 g/mol. The standard InChI is InChI=1S/C25H27N3O3S/c1-6-27-21-16(2)18(12-13-20(21)32-24(27)30)22(29)19-14-26-28(25(3,4)5)23(19)31-15-17-10-8-7-9-11-17/h7-14H,6,15H2,1-5H3. The van der Waals surface area contributed by atoms with Gasteiger partial charge in [-0.1, -0.05) is 41.7 Å². The summed E-state index contributed by atoms with van der Waals surface area (Å²) in [6.07, 6.45) is 1.58. The molecule has 0 fully saturated rings. The van der Waals surface area contributed by atoms with Crippen LogP contribution in [0.1, 0.15) is 54.7 Å². The lowest BCUT2D eigenvalue weighted by atomic mass is 9.99. The van der Waals surface area contributed by atoms with Crippen molar-refractivity contribution in [2.45, 2.75) is 53.3 Å². The Hall–Kier alpha value is -3.19. The van der Waals surface area contributed by atoms with Crippen LogP contribution < -0.4 is 9.61 Å². The van der Waals surface area contributed by atoms with Gasteiger partial charge in [0.1, 0.15) is 12.2 Å². The molecule has 7 heteroatoms. The van der Waals surface area contributed by atoms with Crippen molar-refractivity contribution in [2.75, 3.05) is 0 Å². The van der Waals surface area contributed by atoms with Crippen LogP contribution >= 0.6 is 11.3 Å². The highest BCUT2D eigenvalue weighted by Gasteiger charge is 2.28. The molecule has 0 saturated heterocycles. The lowest BCUT2D eigenvalue weighted by molar-refractivity contribution is 0.103. The normalized spacial score (nSPS) is 11.8. The summed E-state index contributed by atoms with van der Waals surface area (Å²) in [4.78, 5) is 26.0. The van der Waals surface area contributed by atoms with Crippen molar-refractivity contribution in [1.29, 1.82) is 0 Å². The summed E-state index contributed by atoms with van der Waals surface area (Å²) in [7, 11) is 0. The van der Waals surface area contributed by atoms with Crippen LogP contribution in [0.25, 0.3) is 10.2 Å². The number of nitrogens with zero attached hydrogens (tertiary/aromatic N) is 3.